The van der Waals surface area contributed by atoms with E-state index in [0.717, 1.165) is 0 Å². The van der Waals surface area contributed by atoms with Crippen molar-refractivity contribution in [2.75, 3.05) is 20.7 Å². The molecular weight excluding hydrogens is 382 g/mol. The first-order chi connectivity index (χ1) is 8.82. The number of aromatic carboxylic acids is 1. The molecule has 0 aliphatic heterocycles. The predicted octanol–water partition coefficient (Wildman–Crippen LogP) is 2.77. The number of hydrogen-bond donors (Lipinski definition) is 1. The lowest BCUT2D eigenvalue weighted by Crippen LogP contribution is -2.23. The highest BCUT2D eigenvalue weighted by molar-refractivity contribution is 9.11. The minimum atomic E-state index is -1.02. The van der Waals surface area contributed by atoms with Gasteiger partial charge in [-0.2, -0.15) is 0 Å². The summed E-state index contributed by atoms with van der Waals surface area (Å²) in [5, 5.41) is 8.90. The highest BCUT2D eigenvalue weighted by Gasteiger charge is 2.13. The number of hydrogen-bond acceptors (Lipinski definition) is 3. The Labute approximate surface area is 127 Å². The molecule has 7 heteroatoms. The van der Waals surface area contributed by atoms with Gasteiger partial charge in [0.05, 0.1) is 27.5 Å². The molecule has 1 aromatic rings. The summed E-state index contributed by atoms with van der Waals surface area (Å²) in [4.78, 5) is 23.7. The predicted molar refractivity (Wildman–Crippen MR) is 77.6 cm³/mol. The van der Waals surface area contributed by atoms with E-state index in [0.29, 0.717) is 14.7 Å². The Morgan fingerprint density at radius 2 is 1.79 bits per heavy atom. The monoisotopic (exact) mass is 393 g/mol. The van der Waals surface area contributed by atoms with Crippen molar-refractivity contribution < 1.29 is 19.4 Å². The molecule has 0 saturated heterocycles. The van der Waals surface area contributed by atoms with E-state index in [9.17, 15) is 9.59 Å². The van der Waals surface area contributed by atoms with Gasteiger partial charge in [0.1, 0.15) is 5.75 Å². The van der Waals surface area contributed by atoms with Crippen LogP contribution in [0.4, 0.5) is 0 Å². The average molecular weight is 395 g/mol. The molecule has 0 aromatic heterocycles. The van der Waals surface area contributed by atoms with Gasteiger partial charge in [0.15, 0.2) is 0 Å². The summed E-state index contributed by atoms with van der Waals surface area (Å²) in [5.41, 5.74) is 0.149. The lowest BCUT2D eigenvalue weighted by molar-refractivity contribution is -0.129. The van der Waals surface area contributed by atoms with Crippen LogP contribution in [0.5, 0.6) is 5.75 Å². The molecule has 104 valence electrons. The molecule has 1 amide bonds. The summed E-state index contributed by atoms with van der Waals surface area (Å²) in [7, 11) is 3.35. The van der Waals surface area contributed by atoms with Gasteiger partial charge in [0.25, 0.3) is 0 Å². The molecule has 0 radical (unpaired) electrons. The fourth-order valence-electron chi connectivity index (χ4n) is 1.29. The molecule has 1 N–H and O–H groups in total. The van der Waals surface area contributed by atoms with Crippen LogP contribution in [0.25, 0.3) is 0 Å². The molecule has 0 aliphatic rings. The first kappa shape index (κ1) is 16.0. The number of amides is 1. The number of carboxylic acid groups (broad SMARTS) is 1. The number of halogens is 2. The molecule has 0 heterocycles. The SMILES string of the molecule is CN(C)C(=O)CCOc1c(Br)cc(C(=O)O)cc1Br. The number of carbonyl (C=O) groups excluding carboxylic acids is 1. The summed E-state index contributed by atoms with van der Waals surface area (Å²) >= 11 is 6.50. The van der Waals surface area contributed by atoms with Gasteiger partial charge in [-0.25, -0.2) is 4.79 Å². The minimum absolute atomic E-state index is 0.0330. The lowest BCUT2D eigenvalue weighted by atomic mass is 10.2. The van der Waals surface area contributed by atoms with Crippen molar-refractivity contribution in [1.82, 2.24) is 4.90 Å². The second-order valence-electron chi connectivity index (χ2n) is 3.96. The molecule has 0 unspecified atom stereocenters. The van der Waals surface area contributed by atoms with Crippen LogP contribution in [-0.2, 0) is 4.79 Å². The van der Waals surface area contributed by atoms with Crippen molar-refractivity contribution >= 4 is 43.7 Å². The van der Waals surface area contributed by atoms with Crippen molar-refractivity contribution in [2.45, 2.75) is 6.42 Å². The van der Waals surface area contributed by atoms with Crippen LogP contribution < -0.4 is 4.74 Å². The first-order valence-corrected chi connectivity index (χ1v) is 6.96. The normalized spacial score (nSPS) is 10.1. The molecule has 0 spiro atoms. The number of carbonyl (C=O) groups is 2. The van der Waals surface area contributed by atoms with Gasteiger partial charge in [0.2, 0.25) is 5.91 Å². The molecule has 0 saturated carbocycles. The zero-order chi connectivity index (χ0) is 14.6. The minimum Gasteiger partial charge on any atom is -0.491 e. The van der Waals surface area contributed by atoms with Gasteiger partial charge in [-0.3, -0.25) is 4.79 Å². The Hall–Kier alpha value is -1.08. The van der Waals surface area contributed by atoms with Crippen LogP contribution in [0.15, 0.2) is 21.1 Å². The van der Waals surface area contributed by atoms with Gasteiger partial charge in [-0.15, -0.1) is 0 Å². The molecule has 1 aromatic carbocycles. The van der Waals surface area contributed by atoms with Gasteiger partial charge in [-0.05, 0) is 44.0 Å². The highest BCUT2D eigenvalue weighted by Crippen LogP contribution is 2.34. The van der Waals surface area contributed by atoms with Crippen LogP contribution in [0, 0.1) is 0 Å². The van der Waals surface area contributed by atoms with Crippen molar-refractivity contribution in [1.29, 1.82) is 0 Å². The summed E-state index contributed by atoms with van der Waals surface area (Å²) < 4.78 is 6.54. The van der Waals surface area contributed by atoms with Crippen LogP contribution in [0.3, 0.4) is 0 Å². The second-order valence-corrected chi connectivity index (χ2v) is 5.67. The molecule has 0 atom stereocenters. The van der Waals surface area contributed by atoms with E-state index in [1.54, 1.807) is 14.1 Å². The van der Waals surface area contributed by atoms with E-state index < -0.39 is 5.97 Å². The van der Waals surface area contributed by atoms with Gasteiger partial charge < -0.3 is 14.7 Å². The van der Waals surface area contributed by atoms with E-state index in [1.165, 1.54) is 17.0 Å². The molecule has 1 rings (SSSR count). The largest absolute Gasteiger partial charge is 0.491 e. The third kappa shape index (κ3) is 4.50. The molecule has 19 heavy (non-hydrogen) atoms. The quantitative estimate of drug-likeness (QED) is 0.833. The van der Waals surface area contributed by atoms with Crippen molar-refractivity contribution in [3.63, 3.8) is 0 Å². The summed E-state index contributed by atoms with van der Waals surface area (Å²) in [6.07, 6.45) is 0.257. The molecule has 5 nitrogen and oxygen atoms in total. The van der Waals surface area contributed by atoms with Gasteiger partial charge in [0, 0.05) is 14.1 Å². The Kier molecular flexibility index (Phi) is 5.81. The van der Waals surface area contributed by atoms with E-state index in [-0.39, 0.29) is 24.5 Å². The van der Waals surface area contributed by atoms with Crippen LogP contribution in [-0.4, -0.2) is 42.6 Å². The average Bonchev–Trinajstić information content (AvgIpc) is 2.31. The zero-order valence-corrected chi connectivity index (χ0v) is 13.6. The molecular formula is C12H13Br2NO4. The number of ether oxygens (including phenoxy) is 1. The van der Waals surface area contributed by atoms with Crippen LogP contribution in [0.2, 0.25) is 0 Å². The van der Waals surface area contributed by atoms with Crippen LogP contribution in [0.1, 0.15) is 16.8 Å². The number of benzene rings is 1. The first-order valence-electron chi connectivity index (χ1n) is 5.38. The maximum Gasteiger partial charge on any atom is 0.335 e. The number of carboxylic acids is 1. The van der Waals surface area contributed by atoms with Crippen molar-refractivity contribution in [3.8, 4) is 5.75 Å². The summed E-state index contributed by atoms with van der Waals surface area (Å²) in [5.74, 6) is -0.568. The Balaban J connectivity index is 2.74. The topological polar surface area (TPSA) is 66.8 Å². The third-order valence-electron chi connectivity index (χ3n) is 2.31. The van der Waals surface area contributed by atoms with Crippen LogP contribution >= 0.6 is 31.9 Å². The Morgan fingerprint density at radius 3 is 2.21 bits per heavy atom. The van der Waals surface area contributed by atoms with Crippen molar-refractivity contribution in [3.05, 3.63) is 26.6 Å². The highest BCUT2D eigenvalue weighted by atomic mass is 79.9. The Bertz CT molecular complexity index is 479. The smallest absolute Gasteiger partial charge is 0.335 e. The summed E-state index contributed by atoms with van der Waals surface area (Å²) in [6.45, 7) is 0.223. The van der Waals surface area contributed by atoms with E-state index in [4.69, 9.17) is 9.84 Å². The van der Waals surface area contributed by atoms with E-state index >= 15 is 0 Å². The number of rotatable bonds is 5. The van der Waals surface area contributed by atoms with Crippen molar-refractivity contribution in [2.24, 2.45) is 0 Å². The van der Waals surface area contributed by atoms with Gasteiger partial charge in [-0.1, -0.05) is 0 Å². The zero-order valence-electron chi connectivity index (χ0n) is 10.4. The third-order valence-corrected chi connectivity index (χ3v) is 3.48. The Morgan fingerprint density at radius 1 is 1.26 bits per heavy atom. The standard InChI is InChI=1S/C12H13Br2NO4/c1-15(2)10(16)3-4-19-11-8(13)5-7(12(17)18)6-9(11)14/h5-6H,3-4H2,1-2H3,(H,17,18). The molecule has 0 bridgehead atoms. The maximum atomic E-state index is 11.4. The fourth-order valence-corrected chi connectivity index (χ4v) is 2.70. The molecule has 0 aliphatic carbocycles. The maximum absolute atomic E-state index is 11.4. The van der Waals surface area contributed by atoms with E-state index in [2.05, 4.69) is 31.9 Å². The number of nitrogens with zero attached hydrogens (tertiary/aromatic N) is 1. The van der Waals surface area contributed by atoms with E-state index in [1.807, 2.05) is 0 Å². The lowest BCUT2D eigenvalue weighted by Gasteiger charge is -2.13. The molecule has 0 fully saturated rings. The van der Waals surface area contributed by atoms with Gasteiger partial charge >= 0.3 is 5.97 Å². The second kappa shape index (κ2) is 6.91. The fraction of sp³-hybridized carbons (Fsp3) is 0.333. The summed E-state index contributed by atoms with van der Waals surface area (Å²) in [6, 6.07) is 2.91.